The average Bonchev–Trinajstić information content (AvgIpc) is 3.16. The molecule has 1 saturated carbocycles. The summed E-state index contributed by atoms with van der Waals surface area (Å²) >= 11 is 0. The Morgan fingerprint density at radius 1 is 1.26 bits per heavy atom. The highest BCUT2D eigenvalue weighted by Crippen LogP contribution is 2.36. The number of benzene rings is 1. The number of nitrogens with zero attached hydrogens (tertiary/aromatic N) is 1. The lowest BCUT2D eigenvalue weighted by atomic mass is 10.1. The van der Waals surface area contributed by atoms with Crippen molar-refractivity contribution in [3.8, 4) is 0 Å². The Morgan fingerprint density at radius 3 is 2.53 bits per heavy atom. The molecule has 0 spiro atoms. The molecule has 3 heteroatoms. The Bertz CT molecular complexity index is 453. The summed E-state index contributed by atoms with van der Waals surface area (Å²) in [4.78, 5) is 14.8. The highest BCUT2D eigenvalue weighted by Gasteiger charge is 2.46. The van der Waals surface area contributed by atoms with Gasteiger partial charge in [0.2, 0.25) is 5.91 Å². The SMILES string of the molecule is CC(C)CC1NC(c2ccccc2)C(=O)N1C1CC1. The van der Waals surface area contributed by atoms with Crippen molar-refractivity contribution in [3.63, 3.8) is 0 Å². The molecule has 19 heavy (non-hydrogen) atoms. The van der Waals surface area contributed by atoms with E-state index in [2.05, 4.69) is 24.1 Å². The maximum atomic E-state index is 12.6. The molecule has 1 saturated heterocycles. The Morgan fingerprint density at radius 2 is 1.95 bits per heavy atom. The molecule has 2 aliphatic rings. The minimum absolute atomic E-state index is 0.148. The van der Waals surface area contributed by atoms with Gasteiger partial charge in [-0.15, -0.1) is 0 Å². The maximum absolute atomic E-state index is 12.6. The molecule has 2 fully saturated rings. The zero-order valence-corrected chi connectivity index (χ0v) is 11.7. The van der Waals surface area contributed by atoms with Crippen molar-refractivity contribution in [2.45, 2.75) is 51.4 Å². The first kappa shape index (κ1) is 12.7. The first-order valence-electron chi connectivity index (χ1n) is 7.30. The van der Waals surface area contributed by atoms with Crippen LogP contribution in [0, 0.1) is 5.92 Å². The van der Waals surface area contributed by atoms with E-state index >= 15 is 0 Å². The molecule has 0 bridgehead atoms. The van der Waals surface area contributed by atoms with E-state index in [1.165, 1.54) is 12.8 Å². The van der Waals surface area contributed by atoms with Crippen LogP contribution in [0.1, 0.15) is 44.7 Å². The third kappa shape index (κ3) is 2.52. The van der Waals surface area contributed by atoms with E-state index in [-0.39, 0.29) is 18.1 Å². The lowest BCUT2D eigenvalue weighted by Crippen LogP contribution is -2.39. The van der Waals surface area contributed by atoms with Gasteiger partial charge in [0.1, 0.15) is 6.04 Å². The molecule has 3 rings (SSSR count). The molecule has 1 amide bonds. The lowest BCUT2D eigenvalue weighted by molar-refractivity contribution is -0.130. The van der Waals surface area contributed by atoms with E-state index in [1.807, 2.05) is 30.3 Å². The largest absolute Gasteiger partial charge is 0.322 e. The predicted molar refractivity (Wildman–Crippen MR) is 75.4 cm³/mol. The second kappa shape index (κ2) is 4.97. The predicted octanol–water partition coefficient (Wildman–Crippen LogP) is 2.69. The van der Waals surface area contributed by atoms with Crippen molar-refractivity contribution in [1.29, 1.82) is 0 Å². The van der Waals surface area contributed by atoms with Gasteiger partial charge in [0, 0.05) is 6.04 Å². The molecule has 102 valence electrons. The van der Waals surface area contributed by atoms with Gasteiger partial charge in [0.15, 0.2) is 0 Å². The van der Waals surface area contributed by atoms with Crippen molar-refractivity contribution < 1.29 is 4.79 Å². The number of hydrogen-bond acceptors (Lipinski definition) is 2. The quantitative estimate of drug-likeness (QED) is 0.900. The fourth-order valence-electron chi connectivity index (χ4n) is 2.95. The Labute approximate surface area is 115 Å². The van der Waals surface area contributed by atoms with Gasteiger partial charge < -0.3 is 4.90 Å². The average molecular weight is 258 g/mol. The maximum Gasteiger partial charge on any atom is 0.245 e. The highest BCUT2D eigenvalue weighted by atomic mass is 16.2. The fraction of sp³-hybridized carbons (Fsp3) is 0.562. The number of amides is 1. The molecule has 1 aliphatic heterocycles. The summed E-state index contributed by atoms with van der Waals surface area (Å²) in [5, 5.41) is 3.54. The topological polar surface area (TPSA) is 32.3 Å². The molecule has 0 radical (unpaired) electrons. The third-order valence-electron chi connectivity index (χ3n) is 3.96. The molecule has 1 aromatic carbocycles. The number of rotatable bonds is 4. The Balaban J connectivity index is 1.82. The smallest absolute Gasteiger partial charge is 0.245 e. The van der Waals surface area contributed by atoms with Gasteiger partial charge in [0.25, 0.3) is 0 Å². The molecule has 1 heterocycles. The lowest BCUT2D eigenvalue weighted by Gasteiger charge is -2.25. The minimum atomic E-state index is -0.148. The van der Waals surface area contributed by atoms with Crippen LogP contribution in [0.25, 0.3) is 0 Å². The van der Waals surface area contributed by atoms with E-state index in [4.69, 9.17) is 0 Å². The van der Waals surface area contributed by atoms with Crippen LogP contribution in [0.4, 0.5) is 0 Å². The zero-order valence-electron chi connectivity index (χ0n) is 11.7. The van der Waals surface area contributed by atoms with Crippen molar-refractivity contribution in [2.75, 3.05) is 0 Å². The molecular weight excluding hydrogens is 236 g/mol. The molecular formula is C16H22N2O. The fourth-order valence-corrected chi connectivity index (χ4v) is 2.95. The molecule has 3 nitrogen and oxygen atoms in total. The summed E-state index contributed by atoms with van der Waals surface area (Å²) in [6.45, 7) is 4.43. The number of carbonyl (C=O) groups excluding carboxylic acids is 1. The monoisotopic (exact) mass is 258 g/mol. The van der Waals surface area contributed by atoms with Gasteiger partial charge in [-0.05, 0) is 30.7 Å². The van der Waals surface area contributed by atoms with Crippen LogP contribution in [0.5, 0.6) is 0 Å². The van der Waals surface area contributed by atoms with Crippen molar-refractivity contribution in [1.82, 2.24) is 10.2 Å². The van der Waals surface area contributed by atoms with Gasteiger partial charge >= 0.3 is 0 Å². The number of hydrogen-bond donors (Lipinski definition) is 1. The number of carbonyl (C=O) groups is 1. The summed E-state index contributed by atoms with van der Waals surface area (Å²) in [5.74, 6) is 0.862. The summed E-state index contributed by atoms with van der Waals surface area (Å²) in [6.07, 6.45) is 3.59. The molecule has 2 atom stereocenters. The van der Waals surface area contributed by atoms with E-state index in [1.54, 1.807) is 0 Å². The van der Waals surface area contributed by atoms with Gasteiger partial charge in [-0.2, -0.15) is 0 Å². The van der Waals surface area contributed by atoms with Gasteiger partial charge in [-0.1, -0.05) is 44.2 Å². The molecule has 1 N–H and O–H groups in total. The van der Waals surface area contributed by atoms with Crippen LogP contribution < -0.4 is 5.32 Å². The van der Waals surface area contributed by atoms with Gasteiger partial charge in [0.05, 0.1) is 6.17 Å². The Hall–Kier alpha value is -1.35. The van der Waals surface area contributed by atoms with Gasteiger partial charge in [-0.3, -0.25) is 10.1 Å². The molecule has 2 unspecified atom stereocenters. The van der Waals surface area contributed by atoms with Crippen LogP contribution in [0.3, 0.4) is 0 Å². The highest BCUT2D eigenvalue weighted by molar-refractivity contribution is 5.86. The van der Waals surface area contributed by atoms with Gasteiger partial charge in [-0.25, -0.2) is 0 Å². The van der Waals surface area contributed by atoms with Crippen molar-refractivity contribution in [2.24, 2.45) is 5.92 Å². The first-order valence-corrected chi connectivity index (χ1v) is 7.30. The van der Waals surface area contributed by atoms with Crippen LogP contribution in [-0.2, 0) is 4.79 Å². The molecule has 1 aliphatic carbocycles. The minimum Gasteiger partial charge on any atom is -0.322 e. The zero-order chi connectivity index (χ0) is 13.4. The summed E-state index contributed by atoms with van der Waals surface area (Å²) < 4.78 is 0. The van der Waals surface area contributed by atoms with Crippen molar-refractivity contribution in [3.05, 3.63) is 35.9 Å². The van der Waals surface area contributed by atoms with E-state index in [0.717, 1.165) is 12.0 Å². The normalized spacial score (nSPS) is 27.3. The first-order chi connectivity index (χ1) is 9.16. The summed E-state index contributed by atoms with van der Waals surface area (Å²) in [6, 6.07) is 10.4. The Kier molecular flexibility index (Phi) is 3.31. The summed E-state index contributed by atoms with van der Waals surface area (Å²) in [7, 11) is 0. The van der Waals surface area contributed by atoms with E-state index in [9.17, 15) is 4.79 Å². The van der Waals surface area contributed by atoms with Crippen LogP contribution >= 0.6 is 0 Å². The van der Waals surface area contributed by atoms with E-state index < -0.39 is 0 Å². The molecule has 1 aromatic rings. The standard InChI is InChI=1S/C16H22N2O/c1-11(2)10-14-17-15(12-6-4-3-5-7-12)16(19)18(14)13-8-9-13/h3-7,11,13-15,17H,8-10H2,1-2H3. The third-order valence-corrected chi connectivity index (χ3v) is 3.96. The van der Waals surface area contributed by atoms with Crippen LogP contribution in [0.15, 0.2) is 30.3 Å². The second-order valence-electron chi connectivity index (χ2n) is 6.13. The molecule has 0 aromatic heterocycles. The van der Waals surface area contributed by atoms with Crippen molar-refractivity contribution >= 4 is 5.91 Å². The summed E-state index contributed by atoms with van der Waals surface area (Å²) in [5.41, 5.74) is 1.09. The van der Waals surface area contributed by atoms with E-state index in [0.29, 0.717) is 12.0 Å². The number of nitrogens with one attached hydrogen (secondary N) is 1. The second-order valence-corrected chi connectivity index (χ2v) is 6.13. The van der Waals surface area contributed by atoms with Crippen LogP contribution in [0.2, 0.25) is 0 Å². The van der Waals surface area contributed by atoms with Crippen LogP contribution in [-0.4, -0.2) is 23.0 Å².